The molecule has 2 atom stereocenters. The first-order valence-corrected chi connectivity index (χ1v) is 12.7. The molecule has 1 aliphatic rings. The zero-order chi connectivity index (χ0) is 26.2. The van der Waals surface area contributed by atoms with Crippen molar-refractivity contribution in [3.05, 3.63) is 108 Å². The van der Waals surface area contributed by atoms with Crippen LogP contribution in [0.5, 0.6) is 0 Å². The molecule has 0 aromatic heterocycles. The fraction of sp³-hybridized carbons (Fsp3) is 0.290. The number of nitrogens with one attached hydrogen (secondary N) is 1. The molecule has 5 nitrogen and oxygen atoms in total. The maximum atomic E-state index is 14.7. The lowest BCUT2D eigenvalue weighted by atomic mass is 9.85. The fourth-order valence-electron chi connectivity index (χ4n) is 4.80. The maximum absolute atomic E-state index is 14.7. The summed E-state index contributed by atoms with van der Waals surface area (Å²) in [5, 5.41) is 3.04. The van der Waals surface area contributed by atoms with Gasteiger partial charge >= 0.3 is 0 Å². The van der Waals surface area contributed by atoms with Gasteiger partial charge in [-0.1, -0.05) is 60.7 Å². The molecule has 0 saturated heterocycles. The highest BCUT2D eigenvalue weighted by atomic mass is 19.1. The van der Waals surface area contributed by atoms with Crippen LogP contribution in [-0.4, -0.2) is 36.9 Å². The summed E-state index contributed by atoms with van der Waals surface area (Å²) >= 11 is 0. The van der Waals surface area contributed by atoms with Crippen molar-refractivity contribution in [2.45, 2.75) is 38.3 Å². The van der Waals surface area contributed by atoms with E-state index in [1.165, 1.54) is 6.07 Å². The molecule has 2 amide bonds. The molecule has 1 N–H and O–H groups in total. The third kappa shape index (κ3) is 6.85. The molecule has 0 bridgehead atoms. The summed E-state index contributed by atoms with van der Waals surface area (Å²) in [5.74, 6) is -0.915. The van der Waals surface area contributed by atoms with Crippen LogP contribution < -0.4 is 10.2 Å². The first-order chi connectivity index (χ1) is 17.9. The normalized spacial score (nSPS) is 15.6. The van der Waals surface area contributed by atoms with E-state index in [9.17, 15) is 14.0 Å². The maximum Gasteiger partial charge on any atom is 0.247 e. The predicted molar refractivity (Wildman–Crippen MR) is 147 cm³/mol. The molecule has 6 heteroatoms. The predicted octanol–water partition coefficient (Wildman–Crippen LogP) is 5.83. The molecule has 37 heavy (non-hydrogen) atoms. The number of allylic oxidation sites excluding steroid dienone is 2. The van der Waals surface area contributed by atoms with Crippen LogP contribution in [0, 0.1) is 11.7 Å². The lowest BCUT2D eigenvalue weighted by Crippen LogP contribution is -2.51. The Morgan fingerprint density at radius 2 is 1.65 bits per heavy atom. The number of carbonyl (C=O) groups is 2. The average molecular weight is 500 g/mol. The van der Waals surface area contributed by atoms with Crippen molar-refractivity contribution in [3.8, 4) is 0 Å². The van der Waals surface area contributed by atoms with Crippen LogP contribution in [0.2, 0.25) is 0 Å². The van der Waals surface area contributed by atoms with Gasteiger partial charge in [-0.3, -0.25) is 9.59 Å². The number of rotatable bonds is 9. The van der Waals surface area contributed by atoms with Gasteiger partial charge in [0.25, 0.3) is 0 Å². The number of amides is 2. The molecule has 0 spiro atoms. The van der Waals surface area contributed by atoms with E-state index in [2.05, 4.69) is 17.5 Å². The second kappa shape index (κ2) is 12.3. The van der Waals surface area contributed by atoms with Crippen molar-refractivity contribution in [3.63, 3.8) is 0 Å². The van der Waals surface area contributed by atoms with Gasteiger partial charge in [0.05, 0.1) is 6.42 Å². The number of carbonyl (C=O) groups excluding carboxylic acids is 2. The van der Waals surface area contributed by atoms with E-state index in [0.717, 1.165) is 24.1 Å². The molecular formula is C31H34FN3O2. The van der Waals surface area contributed by atoms with E-state index in [0.29, 0.717) is 17.7 Å². The van der Waals surface area contributed by atoms with Crippen molar-refractivity contribution in [2.24, 2.45) is 5.92 Å². The Morgan fingerprint density at radius 1 is 0.946 bits per heavy atom. The molecule has 0 heterocycles. The molecule has 0 fully saturated rings. The summed E-state index contributed by atoms with van der Waals surface area (Å²) in [4.78, 5) is 31.2. The van der Waals surface area contributed by atoms with Crippen LogP contribution in [0.25, 0.3) is 0 Å². The van der Waals surface area contributed by atoms with Crippen molar-refractivity contribution in [2.75, 3.05) is 24.3 Å². The number of anilines is 2. The summed E-state index contributed by atoms with van der Waals surface area (Å²) in [5.41, 5.74) is 2.93. The number of hydrogen-bond donors (Lipinski definition) is 1. The van der Waals surface area contributed by atoms with Crippen LogP contribution in [0.4, 0.5) is 15.8 Å². The summed E-state index contributed by atoms with van der Waals surface area (Å²) in [7, 11) is 3.91. The Morgan fingerprint density at radius 3 is 2.30 bits per heavy atom. The van der Waals surface area contributed by atoms with Gasteiger partial charge < -0.3 is 15.1 Å². The molecule has 2 unspecified atom stereocenters. The van der Waals surface area contributed by atoms with Crippen LogP contribution in [0.1, 0.15) is 30.4 Å². The Bertz CT molecular complexity index is 1220. The zero-order valence-corrected chi connectivity index (χ0v) is 21.4. The van der Waals surface area contributed by atoms with Gasteiger partial charge in [0.1, 0.15) is 11.9 Å². The van der Waals surface area contributed by atoms with Crippen molar-refractivity contribution >= 4 is 23.2 Å². The highest BCUT2D eigenvalue weighted by Gasteiger charge is 2.37. The van der Waals surface area contributed by atoms with Crippen LogP contribution in [-0.2, 0) is 22.6 Å². The molecule has 192 valence electrons. The van der Waals surface area contributed by atoms with Gasteiger partial charge in [-0.2, -0.15) is 0 Å². The SMILES string of the molecule is CN(C)c1ccc(NC(=O)C(C2CC=CCC2)N(Cc2ccccc2F)C(=O)Cc2ccccc2)cc1. The quantitative estimate of drug-likeness (QED) is 0.377. The van der Waals surface area contributed by atoms with Crippen LogP contribution in [0.15, 0.2) is 91.0 Å². The van der Waals surface area contributed by atoms with Crippen molar-refractivity contribution in [1.82, 2.24) is 4.90 Å². The Kier molecular flexibility index (Phi) is 8.72. The summed E-state index contributed by atoms with van der Waals surface area (Å²) < 4.78 is 14.7. The number of halogens is 1. The molecule has 0 aliphatic heterocycles. The van der Waals surface area contributed by atoms with Crippen molar-refractivity contribution < 1.29 is 14.0 Å². The second-order valence-electron chi connectivity index (χ2n) is 9.70. The monoisotopic (exact) mass is 499 g/mol. The minimum absolute atomic E-state index is 0.0240. The minimum Gasteiger partial charge on any atom is -0.378 e. The summed E-state index contributed by atoms with van der Waals surface area (Å²) in [6.45, 7) is 0.0240. The third-order valence-corrected chi connectivity index (χ3v) is 6.83. The fourth-order valence-corrected chi connectivity index (χ4v) is 4.80. The number of hydrogen-bond acceptors (Lipinski definition) is 3. The number of benzene rings is 3. The van der Waals surface area contributed by atoms with E-state index < -0.39 is 6.04 Å². The molecule has 1 aliphatic carbocycles. The highest BCUT2D eigenvalue weighted by molar-refractivity contribution is 5.97. The molecule has 4 rings (SSSR count). The average Bonchev–Trinajstić information content (AvgIpc) is 2.91. The third-order valence-electron chi connectivity index (χ3n) is 6.83. The van der Waals surface area contributed by atoms with Gasteiger partial charge in [-0.15, -0.1) is 0 Å². The smallest absolute Gasteiger partial charge is 0.247 e. The first kappa shape index (κ1) is 26.1. The van der Waals surface area contributed by atoms with Gasteiger partial charge in [0, 0.05) is 37.6 Å². The highest BCUT2D eigenvalue weighted by Crippen LogP contribution is 2.29. The number of nitrogens with zero attached hydrogens (tertiary/aromatic N) is 2. The van der Waals surface area contributed by atoms with E-state index in [-0.39, 0.29) is 36.5 Å². The van der Waals surface area contributed by atoms with Crippen molar-refractivity contribution in [1.29, 1.82) is 0 Å². The first-order valence-electron chi connectivity index (χ1n) is 12.7. The van der Waals surface area contributed by atoms with E-state index in [4.69, 9.17) is 0 Å². The van der Waals surface area contributed by atoms with Gasteiger partial charge in [0.15, 0.2) is 0 Å². The zero-order valence-electron chi connectivity index (χ0n) is 21.4. The van der Waals surface area contributed by atoms with E-state index in [1.807, 2.05) is 73.6 Å². The minimum atomic E-state index is -0.741. The Labute approximate surface area is 218 Å². The van der Waals surface area contributed by atoms with Gasteiger partial charge in [-0.25, -0.2) is 4.39 Å². The molecule has 3 aromatic rings. The van der Waals surface area contributed by atoms with Crippen LogP contribution >= 0.6 is 0 Å². The lowest BCUT2D eigenvalue weighted by Gasteiger charge is -2.37. The largest absolute Gasteiger partial charge is 0.378 e. The Balaban J connectivity index is 1.67. The van der Waals surface area contributed by atoms with E-state index >= 15 is 0 Å². The molecular weight excluding hydrogens is 465 g/mol. The Hall–Kier alpha value is -3.93. The van der Waals surface area contributed by atoms with Crippen LogP contribution in [0.3, 0.4) is 0 Å². The van der Waals surface area contributed by atoms with E-state index in [1.54, 1.807) is 23.1 Å². The summed E-state index contributed by atoms with van der Waals surface area (Å²) in [6, 6.07) is 22.8. The standard InChI is InChI=1S/C31H34FN3O2/c1-34(2)27-19-17-26(18-20-27)33-31(37)30(24-13-7-4-8-14-24)35(22-25-15-9-10-16-28(25)32)29(36)21-23-11-5-3-6-12-23/h3-7,9-12,15-20,24,30H,8,13-14,21-22H2,1-2H3,(H,33,37). The summed E-state index contributed by atoms with van der Waals surface area (Å²) in [6.07, 6.45) is 6.62. The van der Waals surface area contributed by atoms with Gasteiger partial charge in [-0.05, 0) is 61.1 Å². The molecule has 3 aromatic carbocycles. The topological polar surface area (TPSA) is 52.7 Å². The molecule has 0 radical (unpaired) electrons. The lowest BCUT2D eigenvalue weighted by molar-refractivity contribution is -0.141. The molecule has 0 saturated carbocycles. The second-order valence-corrected chi connectivity index (χ2v) is 9.70. The van der Waals surface area contributed by atoms with Gasteiger partial charge in [0.2, 0.25) is 11.8 Å².